The second-order valence-corrected chi connectivity index (χ2v) is 9.24. The molecule has 0 bridgehead atoms. The molecule has 1 saturated heterocycles. The van der Waals surface area contributed by atoms with Crippen LogP contribution in [0.2, 0.25) is 0 Å². The highest BCUT2D eigenvalue weighted by Crippen LogP contribution is 2.40. The molecule has 0 saturated carbocycles. The van der Waals surface area contributed by atoms with Gasteiger partial charge < -0.3 is 15.4 Å². The highest BCUT2D eigenvalue weighted by atomic mass is 32.2. The summed E-state index contributed by atoms with van der Waals surface area (Å²) in [6, 6.07) is 8.22. The lowest BCUT2D eigenvalue weighted by atomic mass is 9.92. The van der Waals surface area contributed by atoms with Crippen molar-refractivity contribution in [1.29, 1.82) is 0 Å². The molecule has 1 atom stereocenters. The maximum atomic E-state index is 13.0. The standard InChI is InChI=1S/C23H24F3N3O3S/c1-32-19-7-5-14(9-17-11-27-13-33-17)18-6-8-21(31)29(22(18)19)12-20(30)28-16-4-2-3-15(10-16)23(24,25)26/h2-5,7,10,17,27H,6,8-9,11-13H2,1H3,(H,28,30). The summed E-state index contributed by atoms with van der Waals surface area (Å²) in [5.41, 5.74) is 1.83. The van der Waals surface area contributed by atoms with Gasteiger partial charge in [0, 0.05) is 29.8 Å². The van der Waals surface area contributed by atoms with E-state index in [1.54, 1.807) is 6.07 Å². The topological polar surface area (TPSA) is 70.7 Å². The summed E-state index contributed by atoms with van der Waals surface area (Å²) in [4.78, 5) is 26.9. The van der Waals surface area contributed by atoms with Crippen LogP contribution in [0.4, 0.5) is 24.5 Å². The number of amides is 2. The highest BCUT2D eigenvalue weighted by Gasteiger charge is 2.33. The number of hydrogen-bond acceptors (Lipinski definition) is 5. The average molecular weight is 480 g/mol. The van der Waals surface area contributed by atoms with Crippen LogP contribution in [0.1, 0.15) is 23.1 Å². The van der Waals surface area contributed by atoms with E-state index in [2.05, 4.69) is 10.6 Å². The molecule has 0 spiro atoms. The van der Waals surface area contributed by atoms with Crippen LogP contribution in [-0.2, 0) is 28.6 Å². The van der Waals surface area contributed by atoms with Gasteiger partial charge >= 0.3 is 6.18 Å². The molecule has 2 N–H and O–H groups in total. The quantitative estimate of drug-likeness (QED) is 0.659. The Morgan fingerprint density at radius 1 is 1.27 bits per heavy atom. The Balaban J connectivity index is 1.57. The molecule has 4 rings (SSSR count). The Morgan fingerprint density at radius 2 is 2.09 bits per heavy atom. The average Bonchev–Trinajstić information content (AvgIpc) is 3.28. The van der Waals surface area contributed by atoms with Crippen molar-refractivity contribution >= 4 is 35.0 Å². The lowest BCUT2D eigenvalue weighted by molar-refractivity contribution is -0.137. The zero-order valence-electron chi connectivity index (χ0n) is 18.0. The molecule has 6 nitrogen and oxygen atoms in total. The maximum Gasteiger partial charge on any atom is 0.416 e. The van der Waals surface area contributed by atoms with Gasteiger partial charge in [0.25, 0.3) is 0 Å². The Kier molecular flexibility index (Phi) is 6.85. The third kappa shape index (κ3) is 5.27. The number of carbonyl (C=O) groups is 2. The van der Waals surface area contributed by atoms with Crippen LogP contribution in [0.15, 0.2) is 36.4 Å². The molecule has 2 aromatic carbocycles. The Bertz CT molecular complexity index is 1050. The monoisotopic (exact) mass is 479 g/mol. The van der Waals surface area contributed by atoms with E-state index in [0.717, 1.165) is 42.1 Å². The minimum atomic E-state index is -4.51. The van der Waals surface area contributed by atoms with Crippen molar-refractivity contribution < 1.29 is 27.5 Å². The second-order valence-electron chi connectivity index (χ2n) is 7.95. The van der Waals surface area contributed by atoms with Crippen molar-refractivity contribution in [2.45, 2.75) is 30.7 Å². The van der Waals surface area contributed by atoms with E-state index in [1.165, 1.54) is 24.1 Å². The van der Waals surface area contributed by atoms with E-state index in [9.17, 15) is 22.8 Å². The van der Waals surface area contributed by atoms with Gasteiger partial charge in [-0.05, 0) is 48.2 Å². The van der Waals surface area contributed by atoms with E-state index in [1.807, 2.05) is 17.8 Å². The molecule has 0 radical (unpaired) electrons. The number of rotatable bonds is 6. The number of alkyl halides is 3. The summed E-state index contributed by atoms with van der Waals surface area (Å²) in [6.07, 6.45) is -2.88. The number of nitrogens with zero attached hydrogens (tertiary/aromatic N) is 1. The van der Waals surface area contributed by atoms with Gasteiger partial charge in [-0.1, -0.05) is 12.1 Å². The van der Waals surface area contributed by atoms with Crippen molar-refractivity contribution in [3.63, 3.8) is 0 Å². The van der Waals surface area contributed by atoms with Gasteiger partial charge in [0.05, 0.1) is 18.4 Å². The first kappa shape index (κ1) is 23.4. The number of halogens is 3. The third-order valence-corrected chi connectivity index (χ3v) is 6.91. The summed E-state index contributed by atoms with van der Waals surface area (Å²) >= 11 is 1.85. The van der Waals surface area contributed by atoms with Gasteiger partial charge in [0.2, 0.25) is 11.8 Å². The first-order chi connectivity index (χ1) is 15.8. The normalized spacial score (nSPS) is 18.2. The highest BCUT2D eigenvalue weighted by molar-refractivity contribution is 8.00. The van der Waals surface area contributed by atoms with Crippen LogP contribution in [0.25, 0.3) is 0 Å². The van der Waals surface area contributed by atoms with E-state index < -0.39 is 17.6 Å². The zero-order valence-corrected chi connectivity index (χ0v) is 18.8. The molecular formula is C23H24F3N3O3S. The molecule has 2 aliphatic heterocycles. The molecule has 2 aliphatic rings. The van der Waals surface area contributed by atoms with Gasteiger partial charge in [-0.25, -0.2) is 0 Å². The lowest BCUT2D eigenvalue weighted by Gasteiger charge is -2.32. The minimum Gasteiger partial charge on any atom is -0.495 e. The predicted molar refractivity (Wildman–Crippen MR) is 122 cm³/mol. The SMILES string of the molecule is COc1ccc(CC2CNCS2)c2c1N(CC(=O)Nc1cccc(C(F)(F)F)c1)C(=O)CC2. The number of benzene rings is 2. The number of ether oxygens (including phenoxy) is 1. The molecular weight excluding hydrogens is 455 g/mol. The first-order valence-corrected chi connectivity index (χ1v) is 11.6. The third-order valence-electron chi connectivity index (χ3n) is 5.74. The fourth-order valence-electron chi connectivity index (χ4n) is 4.20. The molecule has 0 aromatic heterocycles. The number of anilines is 2. The molecule has 0 aliphatic carbocycles. The summed E-state index contributed by atoms with van der Waals surface area (Å²) in [7, 11) is 1.51. The first-order valence-electron chi connectivity index (χ1n) is 10.5. The molecule has 176 valence electrons. The molecule has 2 aromatic rings. The number of hydrogen-bond donors (Lipinski definition) is 2. The molecule has 1 fully saturated rings. The van der Waals surface area contributed by atoms with Gasteiger partial charge in [0.15, 0.2) is 0 Å². The fraction of sp³-hybridized carbons (Fsp3) is 0.391. The Labute approximate surface area is 193 Å². The smallest absolute Gasteiger partial charge is 0.416 e. The van der Waals surface area contributed by atoms with E-state index >= 15 is 0 Å². The van der Waals surface area contributed by atoms with Crippen molar-refractivity contribution in [2.24, 2.45) is 0 Å². The van der Waals surface area contributed by atoms with Crippen LogP contribution >= 0.6 is 11.8 Å². The van der Waals surface area contributed by atoms with Crippen LogP contribution in [-0.4, -0.2) is 43.1 Å². The molecule has 10 heteroatoms. The number of carbonyl (C=O) groups excluding carboxylic acids is 2. The Morgan fingerprint density at radius 3 is 2.79 bits per heavy atom. The van der Waals surface area contributed by atoms with E-state index in [-0.39, 0.29) is 24.6 Å². The molecule has 1 unspecified atom stereocenters. The van der Waals surface area contributed by atoms with E-state index in [0.29, 0.717) is 23.1 Å². The molecule has 2 heterocycles. The zero-order chi connectivity index (χ0) is 23.6. The summed E-state index contributed by atoms with van der Waals surface area (Å²) in [5, 5.41) is 6.23. The van der Waals surface area contributed by atoms with Gasteiger partial charge in [0.1, 0.15) is 12.3 Å². The number of methoxy groups -OCH3 is 1. The summed E-state index contributed by atoms with van der Waals surface area (Å²) in [6.45, 7) is 0.592. The number of nitrogens with one attached hydrogen (secondary N) is 2. The van der Waals surface area contributed by atoms with Crippen LogP contribution < -0.4 is 20.3 Å². The van der Waals surface area contributed by atoms with E-state index in [4.69, 9.17) is 4.74 Å². The van der Waals surface area contributed by atoms with Crippen LogP contribution in [0, 0.1) is 0 Å². The second kappa shape index (κ2) is 9.64. The summed E-state index contributed by atoms with van der Waals surface area (Å²) in [5.74, 6) is 0.585. The van der Waals surface area contributed by atoms with Gasteiger partial charge in [-0.3, -0.25) is 14.5 Å². The fourth-order valence-corrected chi connectivity index (χ4v) is 5.20. The predicted octanol–water partition coefficient (Wildman–Crippen LogP) is 3.84. The summed E-state index contributed by atoms with van der Waals surface area (Å²) < 4.78 is 44.4. The molecule has 2 amide bonds. The Hall–Kier alpha value is -2.72. The van der Waals surface area contributed by atoms with Crippen LogP contribution in [0.3, 0.4) is 0 Å². The molecule has 33 heavy (non-hydrogen) atoms. The van der Waals surface area contributed by atoms with Crippen molar-refractivity contribution in [3.05, 3.63) is 53.1 Å². The number of fused-ring (bicyclic) bond motifs is 1. The lowest BCUT2D eigenvalue weighted by Crippen LogP contribution is -2.41. The van der Waals surface area contributed by atoms with Crippen molar-refractivity contribution in [2.75, 3.05) is 36.3 Å². The van der Waals surface area contributed by atoms with Crippen molar-refractivity contribution in [1.82, 2.24) is 5.32 Å². The largest absolute Gasteiger partial charge is 0.495 e. The van der Waals surface area contributed by atoms with Crippen LogP contribution in [0.5, 0.6) is 5.75 Å². The van der Waals surface area contributed by atoms with Gasteiger partial charge in [-0.15, -0.1) is 11.8 Å². The maximum absolute atomic E-state index is 13.0. The minimum absolute atomic E-state index is 0.0194. The number of thioether (sulfide) groups is 1. The van der Waals surface area contributed by atoms with Gasteiger partial charge in [-0.2, -0.15) is 13.2 Å². The van der Waals surface area contributed by atoms with Crippen molar-refractivity contribution in [3.8, 4) is 5.75 Å².